The first kappa shape index (κ1) is 28.6. The summed E-state index contributed by atoms with van der Waals surface area (Å²) < 4.78 is 40.1. The highest BCUT2D eigenvalue weighted by atomic mass is 32.2. The highest BCUT2D eigenvalue weighted by molar-refractivity contribution is 7.92. The van der Waals surface area contributed by atoms with Crippen LogP contribution in [0.15, 0.2) is 54.6 Å². The number of hydrogen-bond acceptors (Lipinski definition) is 4. The number of nitrogens with one attached hydrogen (secondary N) is 1. The van der Waals surface area contributed by atoms with Gasteiger partial charge in [-0.1, -0.05) is 68.7 Å². The van der Waals surface area contributed by atoms with Crippen LogP contribution in [-0.4, -0.2) is 50.0 Å². The monoisotopic (exact) mass is 531 g/mol. The molecule has 1 N–H and O–H groups in total. The molecule has 2 aromatic rings. The Morgan fingerprint density at radius 2 is 1.68 bits per heavy atom. The Bertz CT molecular complexity index is 1140. The number of halogens is 1. The molecule has 1 atom stereocenters. The molecule has 1 aliphatic carbocycles. The number of carbonyl (C=O) groups is 2. The van der Waals surface area contributed by atoms with Crippen LogP contribution in [0.3, 0.4) is 0 Å². The Morgan fingerprint density at radius 1 is 1.03 bits per heavy atom. The van der Waals surface area contributed by atoms with Gasteiger partial charge in [-0.25, -0.2) is 12.8 Å². The van der Waals surface area contributed by atoms with Crippen molar-refractivity contribution in [3.8, 4) is 0 Å². The van der Waals surface area contributed by atoms with Crippen molar-refractivity contribution >= 4 is 27.5 Å². The average molecular weight is 532 g/mol. The van der Waals surface area contributed by atoms with Gasteiger partial charge in [-0.05, 0) is 43.4 Å². The predicted octanol–water partition coefficient (Wildman–Crippen LogP) is 4.63. The second kappa shape index (κ2) is 13.6. The minimum Gasteiger partial charge on any atom is -0.352 e. The third kappa shape index (κ3) is 8.28. The van der Waals surface area contributed by atoms with Crippen molar-refractivity contribution in [2.24, 2.45) is 0 Å². The van der Waals surface area contributed by atoms with E-state index >= 15 is 0 Å². The Balaban J connectivity index is 1.74. The lowest BCUT2D eigenvalue weighted by molar-refractivity contribution is -0.141. The maximum atomic E-state index is 14.3. The van der Waals surface area contributed by atoms with Crippen LogP contribution >= 0.6 is 0 Å². The highest BCUT2D eigenvalue weighted by Crippen LogP contribution is 2.23. The summed E-state index contributed by atoms with van der Waals surface area (Å²) in [6, 6.07) is 14.7. The summed E-state index contributed by atoms with van der Waals surface area (Å²) in [4.78, 5) is 28.4. The first-order chi connectivity index (χ1) is 17.7. The summed E-state index contributed by atoms with van der Waals surface area (Å²) in [5.41, 5.74) is 0.862. The second-order valence-electron chi connectivity index (χ2n) is 9.66. The number of sulfonamides is 1. The van der Waals surface area contributed by atoms with E-state index in [0.29, 0.717) is 6.42 Å². The van der Waals surface area contributed by atoms with E-state index in [1.54, 1.807) is 11.0 Å². The molecule has 0 radical (unpaired) electrons. The Labute approximate surface area is 220 Å². The van der Waals surface area contributed by atoms with Crippen LogP contribution in [0.1, 0.15) is 63.9 Å². The summed E-state index contributed by atoms with van der Waals surface area (Å²) in [6.45, 7) is 2.12. The fraction of sp³-hybridized carbons (Fsp3) is 0.500. The van der Waals surface area contributed by atoms with E-state index < -0.39 is 21.9 Å². The molecule has 1 saturated carbocycles. The lowest BCUT2D eigenvalue weighted by atomic mass is 9.95. The molecule has 0 spiro atoms. The smallest absolute Gasteiger partial charge is 0.243 e. The molecule has 0 heterocycles. The van der Waals surface area contributed by atoms with Gasteiger partial charge in [0.1, 0.15) is 11.9 Å². The van der Waals surface area contributed by atoms with Crippen molar-refractivity contribution in [3.63, 3.8) is 0 Å². The quantitative estimate of drug-likeness (QED) is 0.433. The zero-order valence-corrected chi connectivity index (χ0v) is 22.6. The van der Waals surface area contributed by atoms with E-state index in [1.165, 1.54) is 24.6 Å². The third-order valence-electron chi connectivity index (χ3n) is 6.81. The summed E-state index contributed by atoms with van der Waals surface area (Å²) >= 11 is 0. The third-order valence-corrected chi connectivity index (χ3v) is 7.99. The van der Waals surface area contributed by atoms with Gasteiger partial charge in [-0.2, -0.15) is 0 Å². The summed E-state index contributed by atoms with van der Waals surface area (Å²) in [6.07, 6.45) is 6.96. The van der Waals surface area contributed by atoms with Crippen molar-refractivity contribution < 1.29 is 22.4 Å². The number of nitrogens with zero attached hydrogens (tertiary/aromatic N) is 2. The summed E-state index contributed by atoms with van der Waals surface area (Å²) in [7, 11) is -3.75. The predicted molar refractivity (Wildman–Crippen MR) is 144 cm³/mol. The normalized spacial score (nSPS) is 15.1. The van der Waals surface area contributed by atoms with Crippen LogP contribution in [0.25, 0.3) is 0 Å². The van der Waals surface area contributed by atoms with Crippen molar-refractivity contribution in [1.29, 1.82) is 0 Å². The van der Waals surface area contributed by atoms with Gasteiger partial charge < -0.3 is 10.2 Å². The SMILES string of the molecule is CCC(C(=O)NC1CCCCC1)N(Cc1ccccc1)C(=O)CCCN(c1ccccc1F)S(C)(=O)=O. The molecule has 0 bridgehead atoms. The van der Waals surface area contributed by atoms with Crippen LogP contribution in [0, 0.1) is 5.82 Å². The molecule has 0 aliphatic heterocycles. The van der Waals surface area contributed by atoms with E-state index in [0.717, 1.165) is 41.8 Å². The number of hydrogen-bond donors (Lipinski definition) is 1. The maximum absolute atomic E-state index is 14.3. The van der Waals surface area contributed by atoms with Gasteiger partial charge in [0.25, 0.3) is 0 Å². The Hall–Kier alpha value is -2.94. The van der Waals surface area contributed by atoms with Gasteiger partial charge in [-0.3, -0.25) is 13.9 Å². The molecule has 0 aromatic heterocycles. The first-order valence-corrected chi connectivity index (χ1v) is 14.9. The standard InChI is InChI=1S/C28H38FN3O4S/c1-3-25(28(34)30-23-15-8-5-9-16-23)31(21-22-13-6-4-7-14-22)27(33)19-12-20-32(37(2,35)36)26-18-11-10-17-24(26)29/h4,6-7,10-11,13-14,17-18,23,25H,3,5,8-9,12,15-16,19-21H2,1-2H3,(H,30,34). The van der Waals surface area contributed by atoms with E-state index in [-0.39, 0.29) is 49.5 Å². The number of anilines is 1. The van der Waals surface area contributed by atoms with Crippen molar-refractivity contribution in [2.45, 2.75) is 76.9 Å². The molecule has 37 heavy (non-hydrogen) atoms. The molecular weight excluding hydrogens is 493 g/mol. The molecule has 0 saturated heterocycles. The summed E-state index contributed by atoms with van der Waals surface area (Å²) in [5.74, 6) is -1.03. The van der Waals surface area contributed by atoms with Crippen molar-refractivity contribution in [3.05, 3.63) is 66.0 Å². The molecule has 9 heteroatoms. The largest absolute Gasteiger partial charge is 0.352 e. The minimum atomic E-state index is -3.75. The van der Waals surface area contributed by atoms with Crippen molar-refractivity contribution in [1.82, 2.24) is 10.2 Å². The summed E-state index contributed by atoms with van der Waals surface area (Å²) in [5, 5.41) is 3.15. The molecule has 1 unspecified atom stereocenters. The average Bonchev–Trinajstić information content (AvgIpc) is 2.87. The minimum absolute atomic E-state index is 0.0283. The van der Waals surface area contributed by atoms with Crippen molar-refractivity contribution in [2.75, 3.05) is 17.1 Å². The van der Waals surface area contributed by atoms with Gasteiger partial charge >= 0.3 is 0 Å². The van der Waals surface area contributed by atoms with Gasteiger partial charge in [0.05, 0.1) is 11.9 Å². The highest BCUT2D eigenvalue weighted by Gasteiger charge is 2.30. The molecule has 3 rings (SSSR count). The van der Waals surface area contributed by atoms with Crippen LogP contribution in [0.2, 0.25) is 0 Å². The Morgan fingerprint density at radius 3 is 2.30 bits per heavy atom. The number of carbonyl (C=O) groups excluding carboxylic acids is 2. The van der Waals surface area contributed by atoms with Gasteiger partial charge in [-0.15, -0.1) is 0 Å². The molecule has 2 aromatic carbocycles. The molecule has 1 aliphatic rings. The lowest BCUT2D eigenvalue weighted by Gasteiger charge is -2.33. The zero-order valence-electron chi connectivity index (χ0n) is 21.7. The fourth-order valence-corrected chi connectivity index (χ4v) is 5.85. The topological polar surface area (TPSA) is 86.8 Å². The molecular formula is C28H38FN3O4S. The Kier molecular flexibility index (Phi) is 10.5. The first-order valence-electron chi connectivity index (χ1n) is 13.1. The molecule has 7 nitrogen and oxygen atoms in total. The van der Waals surface area contributed by atoms with Crippen LogP contribution in [-0.2, 0) is 26.2 Å². The number of para-hydroxylation sites is 1. The maximum Gasteiger partial charge on any atom is 0.243 e. The molecule has 202 valence electrons. The van der Waals surface area contributed by atoms with E-state index in [9.17, 15) is 22.4 Å². The van der Waals surface area contributed by atoms with E-state index in [2.05, 4.69) is 5.32 Å². The van der Waals surface area contributed by atoms with Gasteiger partial charge in [0, 0.05) is 25.6 Å². The zero-order chi connectivity index (χ0) is 26.8. The van der Waals surface area contributed by atoms with E-state index in [1.807, 2.05) is 37.3 Å². The number of benzene rings is 2. The number of amides is 2. The molecule has 1 fully saturated rings. The van der Waals surface area contributed by atoms with Crippen LogP contribution < -0.4 is 9.62 Å². The van der Waals surface area contributed by atoms with Crippen LogP contribution in [0.4, 0.5) is 10.1 Å². The second-order valence-corrected chi connectivity index (χ2v) is 11.6. The molecule has 2 amide bonds. The van der Waals surface area contributed by atoms with E-state index in [4.69, 9.17) is 0 Å². The van der Waals surface area contributed by atoms with Crippen LogP contribution in [0.5, 0.6) is 0 Å². The lowest BCUT2D eigenvalue weighted by Crippen LogP contribution is -2.51. The number of rotatable bonds is 12. The van der Waals surface area contributed by atoms with Gasteiger partial charge in [0.15, 0.2) is 0 Å². The fourth-order valence-electron chi connectivity index (χ4n) is 4.88. The van der Waals surface area contributed by atoms with Gasteiger partial charge in [0.2, 0.25) is 21.8 Å².